The Balaban J connectivity index is 1.49. The highest BCUT2D eigenvalue weighted by atomic mass is 16.2. The van der Waals surface area contributed by atoms with Crippen LogP contribution in [0.3, 0.4) is 0 Å². The van der Waals surface area contributed by atoms with Crippen molar-refractivity contribution >= 4 is 23.1 Å². The number of H-pyrrole nitrogens is 1. The highest BCUT2D eigenvalue weighted by Gasteiger charge is 2.26. The molecule has 162 valence electrons. The van der Waals surface area contributed by atoms with Gasteiger partial charge in [-0.1, -0.05) is 6.92 Å². The van der Waals surface area contributed by atoms with E-state index in [0.29, 0.717) is 37.4 Å². The fourth-order valence-corrected chi connectivity index (χ4v) is 3.97. The summed E-state index contributed by atoms with van der Waals surface area (Å²) >= 11 is 0. The number of pyridine rings is 1. The van der Waals surface area contributed by atoms with Gasteiger partial charge in [0.1, 0.15) is 11.3 Å². The molecule has 3 aromatic heterocycles. The number of nitrogens with zero attached hydrogens (tertiary/aromatic N) is 4. The monoisotopic (exact) mass is 422 g/mol. The highest BCUT2D eigenvalue weighted by molar-refractivity contribution is 5.92. The van der Waals surface area contributed by atoms with Gasteiger partial charge in [0.15, 0.2) is 0 Å². The lowest BCUT2D eigenvalue weighted by Gasteiger charge is -2.36. The number of nitrogens with one attached hydrogen (secondary N) is 2. The number of hydrogen-bond acceptors (Lipinski definition) is 5. The minimum atomic E-state index is -0.237. The number of rotatable bonds is 5. The largest absolute Gasteiger partial charge is 0.359 e. The fraction of sp³-hybridized carbons (Fsp3) is 0.364. The first-order valence-corrected chi connectivity index (χ1v) is 10.4. The third-order valence-corrected chi connectivity index (χ3v) is 5.74. The summed E-state index contributed by atoms with van der Waals surface area (Å²) in [6.45, 7) is 5.69. The number of carbonyl (C=O) groups is 2. The number of aromatic nitrogens is 3. The van der Waals surface area contributed by atoms with Crippen molar-refractivity contribution in [3.05, 3.63) is 63.5 Å². The summed E-state index contributed by atoms with van der Waals surface area (Å²) in [5.41, 5.74) is 4.20. The molecule has 0 bridgehead atoms. The van der Waals surface area contributed by atoms with E-state index in [-0.39, 0.29) is 23.9 Å². The molecule has 4 heterocycles. The van der Waals surface area contributed by atoms with Gasteiger partial charge in [0.25, 0.3) is 11.5 Å². The molecule has 4 rings (SSSR count). The number of hydrogen-bond donors (Lipinski definition) is 2. The van der Waals surface area contributed by atoms with Crippen LogP contribution >= 0.6 is 0 Å². The quantitative estimate of drug-likeness (QED) is 0.641. The van der Waals surface area contributed by atoms with Gasteiger partial charge in [-0.05, 0) is 31.5 Å². The van der Waals surface area contributed by atoms with Crippen LogP contribution in [0.5, 0.6) is 0 Å². The highest BCUT2D eigenvalue weighted by Crippen LogP contribution is 2.22. The second kappa shape index (κ2) is 8.25. The van der Waals surface area contributed by atoms with Crippen LogP contribution in [0.4, 0.5) is 5.69 Å². The molecule has 0 saturated carbocycles. The predicted molar refractivity (Wildman–Crippen MR) is 117 cm³/mol. The SMILES string of the molecule is CCc1cn2ccc(CN3CCN(c4ccc(C(=O)NC)nc4C)CC3=O)c2[nH]c1=O. The minimum absolute atomic E-state index is 0.00732. The van der Waals surface area contributed by atoms with Crippen LogP contribution in [0.15, 0.2) is 35.4 Å². The Morgan fingerprint density at radius 1 is 1.19 bits per heavy atom. The molecule has 1 aliphatic heterocycles. The van der Waals surface area contributed by atoms with Crippen LogP contribution < -0.4 is 15.8 Å². The smallest absolute Gasteiger partial charge is 0.269 e. The lowest BCUT2D eigenvalue weighted by atomic mass is 10.2. The first-order valence-electron chi connectivity index (χ1n) is 10.4. The second-order valence-corrected chi connectivity index (χ2v) is 7.68. The summed E-state index contributed by atoms with van der Waals surface area (Å²) in [7, 11) is 1.57. The standard InChI is InChI=1S/C22H26N6O3/c1-4-15-11-28-8-7-16(20(28)25-21(15)30)12-27-10-9-26(13-19(27)29)18-6-5-17(22(31)23-3)24-14(18)2/h5-8,11H,4,9-10,12-13H2,1-3H3,(H,23,31)(H,25,30). The van der Waals surface area contributed by atoms with E-state index in [4.69, 9.17) is 0 Å². The molecule has 2 amide bonds. The zero-order chi connectivity index (χ0) is 22.1. The second-order valence-electron chi connectivity index (χ2n) is 7.68. The maximum Gasteiger partial charge on any atom is 0.269 e. The number of piperazine rings is 1. The Morgan fingerprint density at radius 3 is 2.68 bits per heavy atom. The number of anilines is 1. The van der Waals surface area contributed by atoms with Crippen molar-refractivity contribution in [2.45, 2.75) is 26.8 Å². The van der Waals surface area contributed by atoms with E-state index in [0.717, 1.165) is 22.5 Å². The topological polar surface area (TPSA) is 103 Å². The Hall–Kier alpha value is -3.62. The molecule has 0 aliphatic carbocycles. The van der Waals surface area contributed by atoms with Crippen molar-refractivity contribution in [2.75, 3.05) is 31.6 Å². The zero-order valence-corrected chi connectivity index (χ0v) is 17.9. The van der Waals surface area contributed by atoms with Gasteiger partial charge in [0, 0.05) is 50.2 Å². The normalized spacial score (nSPS) is 14.4. The summed E-state index contributed by atoms with van der Waals surface area (Å²) < 4.78 is 1.90. The fourth-order valence-electron chi connectivity index (χ4n) is 3.97. The minimum Gasteiger partial charge on any atom is -0.359 e. The Kier molecular flexibility index (Phi) is 5.50. The summed E-state index contributed by atoms with van der Waals surface area (Å²) in [4.78, 5) is 47.9. The molecule has 0 atom stereocenters. The van der Waals surface area contributed by atoms with E-state index in [9.17, 15) is 14.4 Å². The van der Waals surface area contributed by atoms with Crippen LogP contribution in [0.1, 0.15) is 34.2 Å². The van der Waals surface area contributed by atoms with Crippen molar-refractivity contribution in [1.29, 1.82) is 0 Å². The first kappa shape index (κ1) is 20.6. The van der Waals surface area contributed by atoms with Gasteiger partial charge in [0.05, 0.1) is 17.9 Å². The van der Waals surface area contributed by atoms with E-state index in [1.165, 1.54) is 0 Å². The predicted octanol–water partition coefficient (Wildman–Crippen LogP) is 1.10. The molecule has 1 saturated heterocycles. The van der Waals surface area contributed by atoms with Crippen molar-refractivity contribution in [1.82, 2.24) is 24.6 Å². The Labute approximate surface area is 179 Å². The lowest BCUT2D eigenvalue weighted by molar-refractivity contribution is -0.131. The maximum absolute atomic E-state index is 12.9. The van der Waals surface area contributed by atoms with Crippen LogP contribution in [-0.4, -0.2) is 57.8 Å². The number of amides is 2. The first-order chi connectivity index (χ1) is 14.9. The van der Waals surface area contributed by atoms with Crippen molar-refractivity contribution < 1.29 is 9.59 Å². The molecule has 0 unspecified atom stereocenters. The molecular formula is C22H26N6O3. The number of carbonyl (C=O) groups excluding carboxylic acids is 2. The van der Waals surface area contributed by atoms with Crippen molar-refractivity contribution in [3.8, 4) is 0 Å². The molecule has 0 radical (unpaired) electrons. The Morgan fingerprint density at radius 2 is 2.00 bits per heavy atom. The van der Waals surface area contributed by atoms with E-state index in [2.05, 4.69) is 15.3 Å². The molecular weight excluding hydrogens is 396 g/mol. The van der Waals surface area contributed by atoms with E-state index >= 15 is 0 Å². The van der Waals surface area contributed by atoms with Crippen LogP contribution in [0.2, 0.25) is 0 Å². The van der Waals surface area contributed by atoms with Crippen molar-refractivity contribution in [3.63, 3.8) is 0 Å². The van der Waals surface area contributed by atoms with Crippen molar-refractivity contribution in [2.24, 2.45) is 0 Å². The molecule has 1 fully saturated rings. The maximum atomic E-state index is 12.9. The van der Waals surface area contributed by atoms with Gasteiger partial charge in [-0.3, -0.25) is 14.4 Å². The van der Waals surface area contributed by atoms with Gasteiger partial charge in [0.2, 0.25) is 5.91 Å². The van der Waals surface area contributed by atoms with Crippen LogP contribution in [0, 0.1) is 6.92 Å². The average Bonchev–Trinajstić information content (AvgIpc) is 3.15. The number of aromatic amines is 1. The van der Waals surface area contributed by atoms with Gasteiger partial charge >= 0.3 is 0 Å². The molecule has 3 aromatic rings. The summed E-state index contributed by atoms with van der Waals surface area (Å²) in [6, 6.07) is 5.45. The Bertz CT molecular complexity index is 1210. The molecule has 9 heteroatoms. The lowest BCUT2D eigenvalue weighted by Crippen LogP contribution is -2.50. The van der Waals surface area contributed by atoms with Crippen LogP contribution in [0.25, 0.3) is 5.65 Å². The number of fused-ring (bicyclic) bond motifs is 1. The molecule has 0 aromatic carbocycles. The van der Waals surface area contributed by atoms with Crippen LogP contribution in [-0.2, 0) is 17.8 Å². The summed E-state index contributed by atoms with van der Waals surface area (Å²) in [6.07, 6.45) is 4.41. The third-order valence-electron chi connectivity index (χ3n) is 5.74. The summed E-state index contributed by atoms with van der Waals surface area (Å²) in [5.74, 6) is -0.229. The summed E-state index contributed by atoms with van der Waals surface area (Å²) in [5, 5.41) is 2.56. The van der Waals surface area contributed by atoms with Gasteiger partial charge < -0.3 is 24.5 Å². The molecule has 0 spiro atoms. The van der Waals surface area contributed by atoms with E-state index in [1.54, 1.807) is 18.0 Å². The molecule has 2 N–H and O–H groups in total. The van der Waals surface area contributed by atoms with E-state index in [1.807, 2.05) is 47.7 Å². The van der Waals surface area contributed by atoms with Gasteiger partial charge in [-0.25, -0.2) is 4.98 Å². The number of aryl methyl sites for hydroxylation is 2. The molecule has 31 heavy (non-hydrogen) atoms. The molecule has 9 nitrogen and oxygen atoms in total. The van der Waals surface area contributed by atoms with Gasteiger partial charge in [-0.2, -0.15) is 0 Å². The zero-order valence-electron chi connectivity index (χ0n) is 17.9. The average molecular weight is 422 g/mol. The third kappa shape index (κ3) is 3.90. The van der Waals surface area contributed by atoms with E-state index < -0.39 is 0 Å². The molecule has 1 aliphatic rings. The van der Waals surface area contributed by atoms with Gasteiger partial charge in [-0.15, -0.1) is 0 Å².